The van der Waals surface area contributed by atoms with E-state index in [9.17, 15) is 9.90 Å². The van der Waals surface area contributed by atoms with Crippen LogP contribution in [0.15, 0.2) is 30.5 Å². The number of methoxy groups -OCH3 is 1. The molecular weight excluding hydrogens is 392 g/mol. The van der Waals surface area contributed by atoms with E-state index < -0.39 is 12.0 Å². The molecular formula is C24H30N4O3. The first kappa shape index (κ1) is 21.3. The van der Waals surface area contributed by atoms with Gasteiger partial charge in [-0.25, -0.2) is 0 Å². The Morgan fingerprint density at radius 3 is 2.58 bits per heavy atom. The van der Waals surface area contributed by atoms with E-state index in [4.69, 9.17) is 4.74 Å². The largest absolute Gasteiger partial charge is 0.496 e. The quantitative estimate of drug-likeness (QED) is 0.633. The van der Waals surface area contributed by atoms with E-state index in [0.717, 1.165) is 64.4 Å². The Bertz CT molecular complexity index is 1100. The van der Waals surface area contributed by atoms with Crippen molar-refractivity contribution < 1.29 is 14.6 Å². The third kappa shape index (κ3) is 4.03. The van der Waals surface area contributed by atoms with Crippen LogP contribution in [0.3, 0.4) is 0 Å². The van der Waals surface area contributed by atoms with Gasteiger partial charge in [-0.1, -0.05) is 18.2 Å². The zero-order valence-corrected chi connectivity index (χ0v) is 18.6. The maximum absolute atomic E-state index is 12.3. The summed E-state index contributed by atoms with van der Waals surface area (Å²) in [6.45, 7) is 9.71. The van der Waals surface area contributed by atoms with Crippen LogP contribution in [0.1, 0.15) is 34.1 Å². The fraction of sp³-hybridized carbons (Fsp3) is 0.417. The van der Waals surface area contributed by atoms with Crippen LogP contribution in [0, 0.1) is 20.8 Å². The minimum absolute atomic E-state index is 0.655. The van der Waals surface area contributed by atoms with Gasteiger partial charge in [0, 0.05) is 72.2 Å². The predicted octanol–water partition coefficient (Wildman–Crippen LogP) is 3.44. The van der Waals surface area contributed by atoms with Crippen molar-refractivity contribution in [2.45, 2.75) is 33.4 Å². The molecule has 2 N–H and O–H groups in total. The number of aliphatic carboxylic acids is 1. The molecule has 1 atom stereocenters. The Morgan fingerprint density at radius 2 is 1.90 bits per heavy atom. The van der Waals surface area contributed by atoms with Gasteiger partial charge >= 0.3 is 5.97 Å². The van der Waals surface area contributed by atoms with E-state index in [1.807, 2.05) is 51.2 Å². The van der Waals surface area contributed by atoms with E-state index >= 15 is 0 Å². The Morgan fingerprint density at radius 1 is 1.19 bits per heavy atom. The lowest BCUT2D eigenvalue weighted by Gasteiger charge is -2.38. The van der Waals surface area contributed by atoms with Crippen molar-refractivity contribution in [1.29, 1.82) is 0 Å². The summed E-state index contributed by atoms with van der Waals surface area (Å²) in [4.78, 5) is 24.7. The molecule has 0 unspecified atom stereocenters. The molecule has 1 aromatic carbocycles. The number of carbonyl (C=O) groups is 1. The van der Waals surface area contributed by atoms with Crippen LogP contribution in [-0.4, -0.2) is 64.1 Å². The molecule has 2 aromatic heterocycles. The number of benzene rings is 1. The predicted molar refractivity (Wildman–Crippen MR) is 121 cm³/mol. The highest BCUT2D eigenvalue weighted by molar-refractivity contribution is 5.90. The SMILES string of the molecule is COc1c(C)cnc(CN2CCN([C@H](C(=O)O)c3c(C)[nH]c4ccccc34)CC2)c1C. The molecule has 0 aliphatic carbocycles. The van der Waals surface area contributed by atoms with Crippen LogP contribution < -0.4 is 4.74 Å². The van der Waals surface area contributed by atoms with Crippen molar-refractivity contribution in [1.82, 2.24) is 19.8 Å². The number of ether oxygens (including phenoxy) is 1. The molecule has 7 heteroatoms. The van der Waals surface area contributed by atoms with Gasteiger partial charge in [0.1, 0.15) is 11.8 Å². The number of carboxylic acids is 1. The molecule has 0 bridgehead atoms. The fourth-order valence-corrected chi connectivity index (χ4v) is 4.73. The number of hydrogen-bond donors (Lipinski definition) is 2. The number of H-pyrrole nitrogens is 1. The highest BCUT2D eigenvalue weighted by atomic mass is 16.5. The topological polar surface area (TPSA) is 81.7 Å². The van der Waals surface area contributed by atoms with Gasteiger partial charge in [0.15, 0.2) is 0 Å². The summed E-state index contributed by atoms with van der Waals surface area (Å²) in [5.74, 6) is 0.0893. The minimum atomic E-state index is -0.804. The first-order valence-electron chi connectivity index (χ1n) is 10.7. The molecule has 164 valence electrons. The summed E-state index contributed by atoms with van der Waals surface area (Å²) in [6, 6.07) is 7.26. The smallest absolute Gasteiger partial charge is 0.325 e. The molecule has 1 fully saturated rings. The summed E-state index contributed by atoms with van der Waals surface area (Å²) >= 11 is 0. The summed E-state index contributed by atoms with van der Waals surface area (Å²) < 4.78 is 5.53. The average molecular weight is 423 g/mol. The monoisotopic (exact) mass is 422 g/mol. The van der Waals surface area contributed by atoms with Gasteiger partial charge in [-0.3, -0.25) is 19.6 Å². The number of nitrogens with one attached hydrogen (secondary N) is 1. The standard InChI is InChI=1S/C24H30N4O3/c1-15-13-25-20(16(2)23(15)31-4)14-27-9-11-28(12-10-27)22(24(29)30)21-17(3)26-19-8-6-5-7-18(19)21/h5-8,13,22,26H,9-12,14H2,1-4H3,(H,29,30)/t22-/m0/s1. The molecule has 0 radical (unpaired) electrons. The molecule has 0 amide bonds. The van der Waals surface area contributed by atoms with Crippen molar-refractivity contribution in [2.75, 3.05) is 33.3 Å². The third-order valence-electron chi connectivity index (χ3n) is 6.35. The molecule has 3 aromatic rings. The number of nitrogens with zero attached hydrogens (tertiary/aromatic N) is 3. The number of hydrogen-bond acceptors (Lipinski definition) is 5. The maximum atomic E-state index is 12.3. The van der Waals surface area contributed by atoms with E-state index in [2.05, 4.69) is 19.8 Å². The van der Waals surface area contributed by atoms with Crippen molar-refractivity contribution in [2.24, 2.45) is 0 Å². The van der Waals surface area contributed by atoms with Gasteiger partial charge in [0.25, 0.3) is 0 Å². The summed E-state index contributed by atoms with van der Waals surface area (Å²) in [7, 11) is 1.69. The average Bonchev–Trinajstić information content (AvgIpc) is 3.07. The van der Waals surface area contributed by atoms with Gasteiger partial charge in [-0.05, 0) is 26.8 Å². The first-order chi connectivity index (χ1) is 14.9. The number of carboxylic acid groups (broad SMARTS) is 1. The second-order valence-corrected chi connectivity index (χ2v) is 8.31. The van der Waals surface area contributed by atoms with Crippen molar-refractivity contribution in [3.05, 3.63) is 58.5 Å². The number of aromatic amines is 1. The maximum Gasteiger partial charge on any atom is 0.325 e. The molecule has 1 saturated heterocycles. The van der Waals surface area contributed by atoms with Gasteiger partial charge < -0.3 is 14.8 Å². The minimum Gasteiger partial charge on any atom is -0.496 e. The lowest BCUT2D eigenvalue weighted by molar-refractivity contribution is -0.144. The van der Waals surface area contributed by atoms with E-state index in [-0.39, 0.29) is 0 Å². The lowest BCUT2D eigenvalue weighted by atomic mass is 10.0. The van der Waals surface area contributed by atoms with Crippen LogP contribution in [0.4, 0.5) is 0 Å². The normalized spacial score (nSPS) is 16.5. The van der Waals surface area contributed by atoms with Crippen molar-refractivity contribution in [3.8, 4) is 5.75 Å². The highest BCUT2D eigenvalue weighted by Crippen LogP contribution is 2.33. The van der Waals surface area contributed by atoms with Gasteiger partial charge in [-0.15, -0.1) is 0 Å². The zero-order valence-electron chi connectivity index (χ0n) is 18.6. The summed E-state index contributed by atoms with van der Waals surface area (Å²) in [6.07, 6.45) is 1.86. The van der Waals surface area contributed by atoms with E-state index in [1.54, 1.807) is 7.11 Å². The third-order valence-corrected chi connectivity index (χ3v) is 6.35. The molecule has 3 heterocycles. The molecule has 4 rings (SSSR count). The Labute approximate surface area is 182 Å². The Hall–Kier alpha value is -2.90. The first-order valence-corrected chi connectivity index (χ1v) is 10.7. The van der Waals surface area contributed by atoms with Crippen LogP contribution >= 0.6 is 0 Å². The van der Waals surface area contributed by atoms with Crippen LogP contribution in [0.5, 0.6) is 5.75 Å². The van der Waals surface area contributed by atoms with Crippen LogP contribution in [-0.2, 0) is 11.3 Å². The number of rotatable bonds is 6. The van der Waals surface area contributed by atoms with Crippen LogP contribution in [0.2, 0.25) is 0 Å². The number of piperazine rings is 1. The molecule has 0 saturated carbocycles. The van der Waals surface area contributed by atoms with Crippen molar-refractivity contribution in [3.63, 3.8) is 0 Å². The fourth-order valence-electron chi connectivity index (χ4n) is 4.73. The second-order valence-electron chi connectivity index (χ2n) is 8.31. The van der Waals surface area contributed by atoms with Gasteiger partial charge in [0.2, 0.25) is 0 Å². The second kappa shape index (κ2) is 8.69. The molecule has 1 aliphatic rings. The van der Waals surface area contributed by atoms with Gasteiger partial charge in [-0.2, -0.15) is 0 Å². The van der Waals surface area contributed by atoms with Gasteiger partial charge in [0.05, 0.1) is 12.8 Å². The number of fused-ring (bicyclic) bond motifs is 1. The van der Waals surface area contributed by atoms with E-state index in [0.29, 0.717) is 13.1 Å². The summed E-state index contributed by atoms with van der Waals surface area (Å²) in [5, 5.41) is 11.1. The van der Waals surface area contributed by atoms with E-state index in [1.165, 1.54) is 0 Å². The number of pyridine rings is 1. The number of para-hydroxylation sites is 1. The van der Waals surface area contributed by atoms with Crippen LogP contribution in [0.25, 0.3) is 10.9 Å². The molecule has 31 heavy (non-hydrogen) atoms. The number of aryl methyl sites for hydroxylation is 2. The number of aromatic nitrogens is 2. The zero-order chi connectivity index (χ0) is 22.1. The molecule has 1 aliphatic heterocycles. The highest BCUT2D eigenvalue weighted by Gasteiger charge is 2.33. The summed E-state index contributed by atoms with van der Waals surface area (Å²) in [5.41, 5.74) is 5.89. The Balaban J connectivity index is 1.51. The molecule has 0 spiro atoms. The van der Waals surface area contributed by atoms with Crippen molar-refractivity contribution >= 4 is 16.9 Å². The lowest BCUT2D eigenvalue weighted by Crippen LogP contribution is -2.49. The Kier molecular flexibility index (Phi) is 5.98. The molecule has 7 nitrogen and oxygen atoms in total.